The monoisotopic (exact) mass is 297 g/mol. The number of phenolic OH excluding ortho intramolecular Hbond substituents is 1. The summed E-state index contributed by atoms with van der Waals surface area (Å²) in [4.78, 5) is 20.6. The van der Waals surface area contributed by atoms with Crippen molar-refractivity contribution in [3.05, 3.63) is 54.4 Å². The summed E-state index contributed by atoms with van der Waals surface area (Å²) in [6.45, 7) is 3.06. The van der Waals surface area contributed by atoms with Crippen LogP contribution < -0.4 is 4.90 Å². The van der Waals surface area contributed by atoms with E-state index < -0.39 is 0 Å². The van der Waals surface area contributed by atoms with Gasteiger partial charge < -0.3 is 14.9 Å². The van der Waals surface area contributed by atoms with Gasteiger partial charge in [-0.1, -0.05) is 12.1 Å². The van der Waals surface area contributed by atoms with Crippen molar-refractivity contribution in [1.82, 2.24) is 9.88 Å². The second kappa shape index (κ2) is 6.47. The molecule has 5 nitrogen and oxygen atoms in total. The highest BCUT2D eigenvalue weighted by molar-refractivity contribution is 5.79. The number of anilines is 1. The quantitative estimate of drug-likeness (QED) is 0.936. The first kappa shape index (κ1) is 14.4. The van der Waals surface area contributed by atoms with Gasteiger partial charge in [-0.3, -0.25) is 9.78 Å². The standard InChI is InChI=1S/C17H19N3O2/c21-16-5-1-3-14(11-16)12-17(22)20-9-7-19(8-10-20)15-4-2-6-18-13-15/h1-6,11,13,21H,7-10,12H2. The summed E-state index contributed by atoms with van der Waals surface area (Å²) in [6.07, 6.45) is 3.95. The molecule has 0 aliphatic carbocycles. The molecule has 2 heterocycles. The highest BCUT2D eigenvalue weighted by Crippen LogP contribution is 2.16. The summed E-state index contributed by atoms with van der Waals surface area (Å²) in [5.74, 6) is 0.308. The highest BCUT2D eigenvalue weighted by atomic mass is 16.3. The van der Waals surface area contributed by atoms with E-state index >= 15 is 0 Å². The third-order valence-corrected chi connectivity index (χ3v) is 3.91. The van der Waals surface area contributed by atoms with Gasteiger partial charge in [0.1, 0.15) is 5.75 Å². The minimum atomic E-state index is 0.108. The molecule has 3 rings (SSSR count). The van der Waals surface area contributed by atoms with E-state index in [1.807, 2.05) is 29.3 Å². The molecule has 1 aromatic carbocycles. The first-order chi connectivity index (χ1) is 10.7. The minimum Gasteiger partial charge on any atom is -0.508 e. The van der Waals surface area contributed by atoms with Crippen LogP contribution in [0.3, 0.4) is 0 Å². The number of hydrogen-bond acceptors (Lipinski definition) is 4. The number of amides is 1. The Morgan fingerprint density at radius 2 is 1.95 bits per heavy atom. The van der Waals surface area contributed by atoms with Crippen LogP contribution in [0.2, 0.25) is 0 Å². The molecule has 1 aliphatic rings. The Bertz CT molecular complexity index is 637. The van der Waals surface area contributed by atoms with Gasteiger partial charge in [-0.05, 0) is 29.8 Å². The van der Waals surface area contributed by atoms with Crippen molar-refractivity contribution in [1.29, 1.82) is 0 Å². The molecule has 1 saturated heterocycles. The molecule has 1 fully saturated rings. The predicted octanol–water partition coefficient (Wildman–Crippen LogP) is 1.68. The molecule has 0 unspecified atom stereocenters. The smallest absolute Gasteiger partial charge is 0.227 e. The third-order valence-electron chi connectivity index (χ3n) is 3.91. The van der Waals surface area contributed by atoms with E-state index in [0.29, 0.717) is 19.5 Å². The molecule has 1 amide bonds. The summed E-state index contributed by atoms with van der Waals surface area (Å²) in [6, 6.07) is 10.8. The van der Waals surface area contributed by atoms with E-state index in [9.17, 15) is 9.90 Å². The number of pyridine rings is 1. The van der Waals surface area contributed by atoms with Crippen LogP contribution in [0.15, 0.2) is 48.8 Å². The second-order valence-corrected chi connectivity index (χ2v) is 5.43. The number of aromatic hydroxyl groups is 1. The average Bonchev–Trinajstić information content (AvgIpc) is 2.56. The first-order valence-electron chi connectivity index (χ1n) is 7.43. The van der Waals surface area contributed by atoms with Crippen molar-refractivity contribution in [2.24, 2.45) is 0 Å². The molecule has 1 N–H and O–H groups in total. The molecule has 0 saturated carbocycles. The SMILES string of the molecule is O=C(Cc1cccc(O)c1)N1CCN(c2cccnc2)CC1. The summed E-state index contributed by atoms with van der Waals surface area (Å²) in [5, 5.41) is 9.46. The van der Waals surface area contributed by atoms with Crippen LogP contribution in [0, 0.1) is 0 Å². The van der Waals surface area contributed by atoms with E-state index in [1.165, 1.54) is 0 Å². The highest BCUT2D eigenvalue weighted by Gasteiger charge is 2.21. The zero-order chi connectivity index (χ0) is 15.4. The number of carbonyl (C=O) groups excluding carboxylic acids is 1. The van der Waals surface area contributed by atoms with Crippen molar-refractivity contribution < 1.29 is 9.90 Å². The summed E-state index contributed by atoms with van der Waals surface area (Å²) < 4.78 is 0. The maximum Gasteiger partial charge on any atom is 0.227 e. The summed E-state index contributed by atoms with van der Waals surface area (Å²) >= 11 is 0. The number of hydrogen-bond donors (Lipinski definition) is 1. The Morgan fingerprint density at radius 1 is 1.14 bits per heavy atom. The van der Waals surface area contributed by atoms with E-state index in [0.717, 1.165) is 24.3 Å². The lowest BCUT2D eigenvalue weighted by Gasteiger charge is -2.36. The van der Waals surface area contributed by atoms with Crippen LogP contribution in [0.25, 0.3) is 0 Å². The fraction of sp³-hybridized carbons (Fsp3) is 0.294. The number of aromatic nitrogens is 1. The van der Waals surface area contributed by atoms with E-state index in [-0.39, 0.29) is 11.7 Å². The van der Waals surface area contributed by atoms with E-state index in [2.05, 4.69) is 9.88 Å². The van der Waals surface area contributed by atoms with Crippen LogP contribution in [0.5, 0.6) is 5.75 Å². The van der Waals surface area contributed by atoms with Crippen LogP contribution in [-0.2, 0) is 11.2 Å². The number of piperazine rings is 1. The zero-order valence-electron chi connectivity index (χ0n) is 12.4. The molecule has 1 aliphatic heterocycles. The molecule has 114 valence electrons. The Hall–Kier alpha value is -2.56. The molecule has 0 radical (unpaired) electrons. The van der Waals surface area contributed by atoms with Crippen LogP contribution in [0.4, 0.5) is 5.69 Å². The van der Waals surface area contributed by atoms with Gasteiger partial charge in [0.05, 0.1) is 18.3 Å². The molecule has 5 heteroatoms. The molecule has 22 heavy (non-hydrogen) atoms. The molecule has 1 aromatic heterocycles. The fourth-order valence-electron chi connectivity index (χ4n) is 2.71. The maximum absolute atomic E-state index is 12.3. The Morgan fingerprint density at radius 3 is 2.64 bits per heavy atom. The van der Waals surface area contributed by atoms with Crippen molar-refractivity contribution >= 4 is 11.6 Å². The third kappa shape index (κ3) is 3.36. The number of benzene rings is 1. The average molecular weight is 297 g/mol. The normalized spacial score (nSPS) is 14.9. The second-order valence-electron chi connectivity index (χ2n) is 5.43. The molecular weight excluding hydrogens is 278 g/mol. The lowest BCUT2D eigenvalue weighted by atomic mass is 10.1. The topological polar surface area (TPSA) is 56.7 Å². The van der Waals surface area contributed by atoms with Gasteiger partial charge >= 0.3 is 0 Å². The van der Waals surface area contributed by atoms with Crippen LogP contribution >= 0.6 is 0 Å². The maximum atomic E-state index is 12.3. The molecule has 2 aromatic rings. The van der Waals surface area contributed by atoms with Crippen LogP contribution in [0.1, 0.15) is 5.56 Å². The molecule has 0 spiro atoms. The van der Waals surface area contributed by atoms with Crippen molar-refractivity contribution in [3.63, 3.8) is 0 Å². The van der Waals surface area contributed by atoms with Crippen molar-refractivity contribution in [2.45, 2.75) is 6.42 Å². The number of carbonyl (C=O) groups is 1. The lowest BCUT2D eigenvalue weighted by molar-refractivity contribution is -0.130. The van der Waals surface area contributed by atoms with Gasteiger partial charge in [-0.2, -0.15) is 0 Å². The fourth-order valence-corrected chi connectivity index (χ4v) is 2.71. The Balaban J connectivity index is 1.56. The zero-order valence-corrected chi connectivity index (χ0v) is 12.4. The summed E-state index contributed by atoms with van der Waals surface area (Å²) in [7, 11) is 0. The Kier molecular flexibility index (Phi) is 4.23. The van der Waals surface area contributed by atoms with Gasteiger partial charge in [-0.15, -0.1) is 0 Å². The van der Waals surface area contributed by atoms with E-state index in [4.69, 9.17) is 0 Å². The lowest BCUT2D eigenvalue weighted by Crippen LogP contribution is -2.49. The van der Waals surface area contributed by atoms with Gasteiger partial charge in [0, 0.05) is 32.4 Å². The van der Waals surface area contributed by atoms with Gasteiger partial charge in [-0.25, -0.2) is 0 Å². The predicted molar refractivity (Wildman–Crippen MR) is 84.8 cm³/mol. The Labute approximate surface area is 129 Å². The number of phenols is 1. The first-order valence-corrected chi connectivity index (χ1v) is 7.43. The van der Waals surface area contributed by atoms with Crippen molar-refractivity contribution in [3.8, 4) is 5.75 Å². The van der Waals surface area contributed by atoms with Gasteiger partial charge in [0.2, 0.25) is 5.91 Å². The summed E-state index contributed by atoms with van der Waals surface area (Å²) in [5.41, 5.74) is 1.95. The molecule has 0 atom stereocenters. The van der Waals surface area contributed by atoms with Gasteiger partial charge in [0.25, 0.3) is 0 Å². The molecule has 0 bridgehead atoms. The van der Waals surface area contributed by atoms with Crippen molar-refractivity contribution in [2.75, 3.05) is 31.1 Å². The number of rotatable bonds is 3. The van der Waals surface area contributed by atoms with E-state index in [1.54, 1.807) is 24.4 Å². The number of nitrogens with zero attached hydrogens (tertiary/aromatic N) is 3. The van der Waals surface area contributed by atoms with Gasteiger partial charge in [0.15, 0.2) is 0 Å². The van der Waals surface area contributed by atoms with Crippen LogP contribution in [-0.4, -0.2) is 47.1 Å². The molecular formula is C17H19N3O2. The minimum absolute atomic E-state index is 0.108. The largest absolute Gasteiger partial charge is 0.508 e.